The first-order chi connectivity index (χ1) is 9.49. The Morgan fingerprint density at radius 1 is 1.25 bits per heavy atom. The molecule has 0 spiro atoms. The maximum atomic E-state index is 5.90. The summed E-state index contributed by atoms with van der Waals surface area (Å²) >= 11 is 1.75. The van der Waals surface area contributed by atoms with Crippen LogP contribution in [0, 0.1) is 0 Å². The molecule has 2 aromatic heterocycles. The second-order valence-electron chi connectivity index (χ2n) is 5.03. The van der Waals surface area contributed by atoms with Crippen molar-refractivity contribution in [2.45, 2.75) is 32.9 Å². The minimum absolute atomic E-state index is 0.0556. The van der Waals surface area contributed by atoms with Crippen molar-refractivity contribution in [2.75, 3.05) is 17.7 Å². The first-order valence-corrected chi connectivity index (χ1v) is 7.56. The minimum Gasteiger partial charge on any atom is -0.473 e. The predicted molar refractivity (Wildman–Crippen MR) is 85.6 cm³/mol. The molecule has 5 heteroatoms. The molecule has 0 amide bonds. The van der Waals surface area contributed by atoms with Gasteiger partial charge in [-0.2, -0.15) is 4.98 Å². The van der Waals surface area contributed by atoms with Gasteiger partial charge in [0.05, 0.1) is 17.8 Å². The Labute approximate surface area is 124 Å². The topological polar surface area (TPSA) is 51.4 Å². The molecule has 0 bridgehead atoms. The Kier molecular flexibility index (Phi) is 4.49. The Balaban J connectivity index is 2.23. The maximum Gasteiger partial charge on any atom is 0.239 e. The summed E-state index contributed by atoms with van der Waals surface area (Å²) in [6.45, 7) is 6.09. The number of hydrogen-bond acceptors (Lipinski definition) is 5. The molecular formula is C15H21N3OS. The van der Waals surface area contributed by atoms with Crippen LogP contribution in [0.2, 0.25) is 0 Å². The smallest absolute Gasteiger partial charge is 0.239 e. The van der Waals surface area contributed by atoms with Gasteiger partial charge in [-0.3, -0.25) is 0 Å². The zero-order chi connectivity index (χ0) is 14.7. The van der Waals surface area contributed by atoms with E-state index in [0.29, 0.717) is 11.6 Å². The van der Waals surface area contributed by atoms with Crippen LogP contribution in [0.3, 0.4) is 0 Å². The second-order valence-corrected chi connectivity index (χ2v) is 6.01. The van der Waals surface area contributed by atoms with E-state index in [-0.39, 0.29) is 12.1 Å². The van der Waals surface area contributed by atoms with Gasteiger partial charge in [0.25, 0.3) is 0 Å². The molecule has 2 N–H and O–H groups in total. The van der Waals surface area contributed by atoms with Gasteiger partial charge < -0.3 is 15.4 Å². The molecule has 0 aliphatic heterocycles. The van der Waals surface area contributed by atoms with E-state index in [2.05, 4.69) is 34.3 Å². The number of ether oxygens (including phenoxy) is 1. The van der Waals surface area contributed by atoms with Crippen LogP contribution in [-0.4, -0.2) is 18.1 Å². The fraction of sp³-hybridized carbons (Fsp3) is 0.400. The van der Waals surface area contributed by atoms with E-state index in [4.69, 9.17) is 10.5 Å². The van der Waals surface area contributed by atoms with Crippen LogP contribution in [0.25, 0.3) is 0 Å². The quantitative estimate of drug-likeness (QED) is 0.912. The lowest BCUT2D eigenvalue weighted by Crippen LogP contribution is -2.22. The van der Waals surface area contributed by atoms with Crippen molar-refractivity contribution in [3.63, 3.8) is 0 Å². The SMILES string of the molecule is CC(C)Oc1nc(N(C)C(C)c2cccs2)ccc1N. The van der Waals surface area contributed by atoms with Crippen molar-refractivity contribution in [1.29, 1.82) is 0 Å². The molecule has 4 nitrogen and oxygen atoms in total. The van der Waals surface area contributed by atoms with Crippen molar-refractivity contribution in [3.8, 4) is 5.88 Å². The van der Waals surface area contributed by atoms with Gasteiger partial charge in [-0.25, -0.2) is 0 Å². The molecular weight excluding hydrogens is 270 g/mol. The van der Waals surface area contributed by atoms with Crippen LogP contribution in [0.15, 0.2) is 29.6 Å². The van der Waals surface area contributed by atoms with E-state index in [0.717, 1.165) is 5.82 Å². The number of thiophene rings is 1. The standard InChI is InChI=1S/C15H21N3OS/c1-10(2)19-15-12(16)7-8-14(17-15)18(4)11(3)13-6-5-9-20-13/h5-11H,16H2,1-4H3. The van der Waals surface area contributed by atoms with Crippen molar-refractivity contribution in [3.05, 3.63) is 34.5 Å². The maximum absolute atomic E-state index is 5.90. The molecule has 2 heterocycles. The third-order valence-electron chi connectivity index (χ3n) is 3.12. The molecule has 0 aliphatic carbocycles. The average Bonchev–Trinajstić information content (AvgIpc) is 2.93. The summed E-state index contributed by atoms with van der Waals surface area (Å²) in [6.07, 6.45) is 0.0556. The Morgan fingerprint density at radius 3 is 2.60 bits per heavy atom. The van der Waals surface area contributed by atoms with Gasteiger partial charge in [0.2, 0.25) is 5.88 Å². The van der Waals surface area contributed by atoms with Crippen LogP contribution in [0.5, 0.6) is 5.88 Å². The summed E-state index contributed by atoms with van der Waals surface area (Å²) in [5, 5.41) is 2.09. The molecule has 20 heavy (non-hydrogen) atoms. The lowest BCUT2D eigenvalue weighted by Gasteiger charge is -2.26. The van der Waals surface area contributed by atoms with E-state index >= 15 is 0 Å². The summed E-state index contributed by atoms with van der Waals surface area (Å²) < 4.78 is 5.65. The van der Waals surface area contributed by atoms with Crippen LogP contribution in [0.4, 0.5) is 11.5 Å². The number of nitrogen functional groups attached to an aromatic ring is 1. The number of aromatic nitrogens is 1. The van der Waals surface area contributed by atoms with Crippen molar-refractivity contribution < 1.29 is 4.74 Å². The Bertz CT molecular complexity index is 554. The van der Waals surface area contributed by atoms with Crippen LogP contribution < -0.4 is 15.4 Å². The summed E-state index contributed by atoms with van der Waals surface area (Å²) in [7, 11) is 2.03. The molecule has 2 aromatic rings. The lowest BCUT2D eigenvalue weighted by molar-refractivity contribution is 0.234. The summed E-state index contributed by atoms with van der Waals surface area (Å²) in [4.78, 5) is 7.95. The normalized spacial score (nSPS) is 12.4. The molecule has 1 atom stereocenters. The number of nitrogens with two attached hydrogens (primary N) is 1. The van der Waals surface area contributed by atoms with E-state index in [1.54, 1.807) is 11.3 Å². The zero-order valence-electron chi connectivity index (χ0n) is 12.3. The molecule has 2 rings (SSSR count). The number of nitrogens with zero attached hydrogens (tertiary/aromatic N) is 2. The fourth-order valence-electron chi connectivity index (χ4n) is 1.87. The molecule has 1 unspecified atom stereocenters. The van der Waals surface area contributed by atoms with E-state index < -0.39 is 0 Å². The first-order valence-electron chi connectivity index (χ1n) is 6.68. The van der Waals surface area contributed by atoms with E-state index in [9.17, 15) is 0 Å². The van der Waals surface area contributed by atoms with Crippen LogP contribution in [-0.2, 0) is 0 Å². The molecule has 0 radical (unpaired) electrons. The summed E-state index contributed by atoms with van der Waals surface area (Å²) in [6, 6.07) is 8.23. The van der Waals surface area contributed by atoms with Gasteiger partial charge >= 0.3 is 0 Å². The number of hydrogen-bond donors (Lipinski definition) is 1. The second kappa shape index (κ2) is 6.13. The van der Waals surface area contributed by atoms with Gasteiger partial charge in [0, 0.05) is 11.9 Å². The van der Waals surface area contributed by atoms with Gasteiger partial charge in [-0.05, 0) is 44.4 Å². The molecule has 108 valence electrons. The van der Waals surface area contributed by atoms with Gasteiger partial charge in [0.15, 0.2) is 0 Å². The molecule has 0 fully saturated rings. The Morgan fingerprint density at radius 2 is 2.00 bits per heavy atom. The lowest BCUT2D eigenvalue weighted by atomic mass is 10.2. The highest BCUT2D eigenvalue weighted by Gasteiger charge is 2.16. The van der Waals surface area contributed by atoms with Gasteiger partial charge in [-0.1, -0.05) is 6.07 Å². The first kappa shape index (κ1) is 14.7. The molecule has 0 saturated carbocycles. The van der Waals surface area contributed by atoms with Gasteiger partial charge in [0.1, 0.15) is 5.82 Å². The molecule has 0 saturated heterocycles. The Hall–Kier alpha value is -1.75. The average molecular weight is 291 g/mol. The van der Waals surface area contributed by atoms with Crippen molar-refractivity contribution in [1.82, 2.24) is 4.98 Å². The van der Waals surface area contributed by atoms with Crippen molar-refractivity contribution >= 4 is 22.8 Å². The van der Waals surface area contributed by atoms with Gasteiger partial charge in [-0.15, -0.1) is 11.3 Å². The predicted octanol–water partition coefficient (Wildman–Crippen LogP) is 3.71. The highest BCUT2D eigenvalue weighted by Crippen LogP contribution is 2.30. The largest absolute Gasteiger partial charge is 0.473 e. The highest BCUT2D eigenvalue weighted by molar-refractivity contribution is 7.10. The highest BCUT2D eigenvalue weighted by atomic mass is 32.1. The minimum atomic E-state index is 0.0556. The van der Waals surface area contributed by atoms with E-state index in [1.165, 1.54) is 4.88 Å². The molecule has 0 aliphatic rings. The number of pyridine rings is 1. The fourth-order valence-corrected chi connectivity index (χ4v) is 2.70. The molecule has 0 aromatic carbocycles. The summed E-state index contributed by atoms with van der Waals surface area (Å²) in [5.74, 6) is 1.36. The number of rotatable bonds is 5. The van der Waals surface area contributed by atoms with Crippen LogP contribution >= 0.6 is 11.3 Å². The zero-order valence-corrected chi connectivity index (χ0v) is 13.1. The summed E-state index contributed by atoms with van der Waals surface area (Å²) in [5.41, 5.74) is 6.47. The van der Waals surface area contributed by atoms with Crippen molar-refractivity contribution in [2.24, 2.45) is 0 Å². The third kappa shape index (κ3) is 3.22. The number of anilines is 2. The monoisotopic (exact) mass is 291 g/mol. The van der Waals surface area contributed by atoms with Crippen LogP contribution in [0.1, 0.15) is 31.7 Å². The third-order valence-corrected chi connectivity index (χ3v) is 4.16. The van der Waals surface area contributed by atoms with E-state index in [1.807, 2.05) is 33.0 Å².